The second-order valence-corrected chi connectivity index (χ2v) is 3.53. The average molecular weight is 171 g/mol. The van der Waals surface area contributed by atoms with Crippen LogP contribution in [0.25, 0.3) is 0 Å². The van der Waals surface area contributed by atoms with E-state index in [9.17, 15) is 4.79 Å². The number of piperazine rings is 1. The summed E-state index contributed by atoms with van der Waals surface area (Å²) in [6.45, 7) is 5.48. The van der Waals surface area contributed by atoms with Crippen LogP contribution in [0.2, 0.25) is 0 Å². The van der Waals surface area contributed by atoms with Crippen molar-refractivity contribution in [3.63, 3.8) is 0 Å². The fourth-order valence-electron chi connectivity index (χ4n) is 1.49. The van der Waals surface area contributed by atoms with Gasteiger partial charge in [-0.05, 0) is 14.0 Å². The molecule has 1 atom stereocenters. The number of amides is 1. The Hall–Kier alpha value is -0.610. The lowest BCUT2D eigenvalue weighted by Crippen LogP contribution is -2.51. The van der Waals surface area contributed by atoms with Crippen LogP contribution in [0, 0.1) is 0 Å². The Morgan fingerprint density at radius 3 is 2.75 bits per heavy atom. The van der Waals surface area contributed by atoms with Crippen LogP contribution < -0.4 is 5.73 Å². The van der Waals surface area contributed by atoms with Crippen molar-refractivity contribution < 1.29 is 4.79 Å². The van der Waals surface area contributed by atoms with E-state index in [-0.39, 0.29) is 5.91 Å². The molecule has 1 aliphatic rings. The first kappa shape index (κ1) is 9.48. The van der Waals surface area contributed by atoms with Gasteiger partial charge in [0.05, 0.1) is 6.54 Å². The first-order valence-corrected chi connectivity index (χ1v) is 4.30. The van der Waals surface area contributed by atoms with E-state index in [1.165, 1.54) is 0 Å². The molecule has 1 saturated heterocycles. The lowest BCUT2D eigenvalue weighted by molar-refractivity contribution is -0.119. The third-order valence-electron chi connectivity index (χ3n) is 2.42. The Morgan fingerprint density at radius 2 is 2.25 bits per heavy atom. The zero-order valence-corrected chi connectivity index (χ0v) is 7.79. The van der Waals surface area contributed by atoms with E-state index in [2.05, 4.69) is 23.8 Å². The third-order valence-corrected chi connectivity index (χ3v) is 2.42. The van der Waals surface area contributed by atoms with Gasteiger partial charge in [-0.25, -0.2) is 0 Å². The van der Waals surface area contributed by atoms with Gasteiger partial charge in [-0.2, -0.15) is 0 Å². The molecule has 1 fully saturated rings. The summed E-state index contributed by atoms with van der Waals surface area (Å²) < 4.78 is 0. The van der Waals surface area contributed by atoms with Crippen LogP contribution in [-0.2, 0) is 4.79 Å². The molecule has 0 bridgehead atoms. The van der Waals surface area contributed by atoms with Crippen molar-refractivity contribution in [3.05, 3.63) is 0 Å². The van der Waals surface area contributed by atoms with Crippen LogP contribution >= 0.6 is 0 Å². The maximum Gasteiger partial charge on any atom is 0.231 e. The van der Waals surface area contributed by atoms with Gasteiger partial charge in [0.15, 0.2) is 0 Å². The molecule has 4 nitrogen and oxygen atoms in total. The SMILES string of the molecule is CC1CN(CC(N)=O)CCN1C. The second kappa shape index (κ2) is 3.87. The normalized spacial score (nSPS) is 27.3. The first-order valence-electron chi connectivity index (χ1n) is 4.30. The number of carbonyl (C=O) groups is 1. The molecule has 0 radical (unpaired) electrons. The predicted molar refractivity (Wildman–Crippen MR) is 47.7 cm³/mol. The van der Waals surface area contributed by atoms with Crippen LogP contribution in [0.5, 0.6) is 0 Å². The minimum Gasteiger partial charge on any atom is -0.369 e. The Morgan fingerprint density at radius 1 is 1.58 bits per heavy atom. The summed E-state index contributed by atoms with van der Waals surface area (Å²) in [6.07, 6.45) is 0. The number of nitrogens with zero attached hydrogens (tertiary/aromatic N) is 2. The molecule has 1 aliphatic heterocycles. The molecule has 2 N–H and O–H groups in total. The number of likely N-dealkylation sites (N-methyl/N-ethyl adjacent to an activating group) is 1. The monoisotopic (exact) mass is 171 g/mol. The van der Waals surface area contributed by atoms with E-state index in [1.807, 2.05) is 0 Å². The molecule has 0 spiro atoms. The summed E-state index contributed by atoms with van der Waals surface area (Å²) in [6, 6.07) is 0.526. The highest BCUT2D eigenvalue weighted by atomic mass is 16.1. The minimum atomic E-state index is -0.230. The van der Waals surface area contributed by atoms with Gasteiger partial charge in [0.25, 0.3) is 0 Å². The van der Waals surface area contributed by atoms with Crippen LogP contribution in [-0.4, -0.2) is 55.0 Å². The van der Waals surface area contributed by atoms with E-state index >= 15 is 0 Å². The highest BCUT2D eigenvalue weighted by molar-refractivity contribution is 5.75. The Kier molecular flexibility index (Phi) is 3.05. The van der Waals surface area contributed by atoms with Crippen molar-refractivity contribution in [3.8, 4) is 0 Å². The molecular formula is C8H17N3O. The summed E-state index contributed by atoms with van der Waals surface area (Å²) in [5.74, 6) is -0.230. The van der Waals surface area contributed by atoms with Crippen LogP contribution in [0.1, 0.15) is 6.92 Å². The molecule has 1 heterocycles. The molecule has 1 amide bonds. The van der Waals surface area contributed by atoms with Gasteiger partial charge >= 0.3 is 0 Å². The third kappa shape index (κ3) is 2.46. The Bertz CT molecular complexity index is 172. The highest BCUT2D eigenvalue weighted by Crippen LogP contribution is 2.05. The van der Waals surface area contributed by atoms with E-state index in [0.717, 1.165) is 19.6 Å². The zero-order valence-electron chi connectivity index (χ0n) is 7.79. The van der Waals surface area contributed by atoms with Gasteiger partial charge in [-0.3, -0.25) is 9.69 Å². The van der Waals surface area contributed by atoms with Crippen molar-refractivity contribution in [1.29, 1.82) is 0 Å². The van der Waals surface area contributed by atoms with Gasteiger partial charge in [-0.1, -0.05) is 0 Å². The second-order valence-electron chi connectivity index (χ2n) is 3.53. The summed E-state index contributed by atoms with van der Waals surface area (Å²) in [7, 11) is 2.10. The van der Waals surface area contributed by atoms with Crippen LogP contribution in [0.4, 0.5) is 0 Å². The van der Waals surface area contributed by atoms with E-state index < -0.39 is 0 Å². The van der Waals surface area contributed by atoms with Gasteiger partial charge in [0, 0.05) is 25.7 Å². The highest BCUT2D eigenvalue weighted by Gasteiger charge is 2.20. The van der Waals surface area contributed by atoms with Gasteiger partial charge in [-0.15, -0.1) is 0 Å². The van der Waals surface area contributed by atoms with Crippen molar-refractivity contribution in [2.75, 3.05) is 33.2 Å². The van der Waals surface area contributed by atoms with E-state index in [1.54, 1.807) is 0 Å². The molecule has 0 aromatic heterocycles. The fourth-order valence-corrected chi connectivity index (χ4v) is 1.49. The summed E-state index contributed by atoms with van der Waals surface area (Å²) in [5, 5.41) is 0. The largest absolute Gasteiger partial charge is 0.369 e. The molecule has 4 heteroatoms. The molecule has 0 aromatic rings. The molecule has 1 rings (SSSR count). The summed E-state index contributed by atoms with van der Waals surface area (Å²) in [4.78, 5) is 15.0. The maximum atomic E-state index is 10.6. The topological polar surface area (TPSA) is 49.6 Å². The lowest BCUT2D eigenvalue weighted by atomic mass is 10.2. The van der Waals surface area contributed by atoms with E-state index in [0.29, 0.717) is 12.6 Å². The first-order chi connectivity index (χ1) is 5.59. The smallest absolute Gasteiger partial charge is 0.231 e. The zero-order chi connectivity index (χ0) is 9.14. The Balaban J connectivity index is 2.35. The summed E-state index contributed by atoms with van der Waals surface area (Å²) in [5.41, 5.74) is 5.11. The average Bonchev–Trinajstić information content (AvgIpc) is 1.96. The standard InChI is InChI=1S/C8H17N3O/c1-7-5-11(6-8(9)12)4-3-10(7)2/h7H,3-6H2,1-2H3,(H2,9,12). The van der Waals surface area contributed by atoms with Gasteiger partial charge < -0.3 is 10.6 Å². The van der Waals surface area contributed by atoms with E-state index in [4.69, 9.17) is 5.73 Å². The summed E-state index contributed by atoms with van der Waals surface area (Å²) >= 11 is 0. The number of hydrogen-bond acceptors (Lipinski definition) is 3. The molecular weight excluding hydrogens is 154 g/mol. The molecule has 70 valence electrons. The molecule has 0 aliphatic carbocycles. The molecule has 0 aromatic carbocycles. The van der Waals surface area contributed by atoms with Crippen molar-refractivity contribution in [1.82, 2.24) is 9.80 Å². The van der Waals surface area contributed by atoms with Gasteiger partial charge in [0.2, 0.25) is 5.91 Å². The number of nitrogens with two attached hydrogens (primary N) is 1. The lowest BCUT2D eigenvalue weighted by Gasteiger charge is -2.36. The Labute approximate surface area is 73.3 Å². The van der Waals surface area contributed by atoms with Crippen molar-refractivity contribution >= 4 is 5.91 Å². The maximum absolute atomic E-state index is 10.6. The predicted octanol–water partition coefficient (Wildman–Crippen LogP) is -0.892. The molecule has 0 saturated carbocycles. The van der Waals surface area contributed by atoms with Crippen LogP contribution in [0.3, 0.4) is 0 Å². The molecule has 1 unspecified atom stereocenters. The number of primary amides is 1. The number of carbonyl (C=O) groups excluding carboxylic acids is 1. The molecule has 12 heavy (non-hydrogen) atoms. The van der Waals surface area contributed by atoms with Gasteiger partial charge in [0.1, 0.15) is 0 Å². The fraction of sp³-hybridized carbons (Fsp3) is 0.875. The number of rotatable bonds is 2. The van der Waals surface area contributed by atoms with Crippen molar-refractivity contribution in [2.45, 2.75) is 13.0 Å². The van der Waals surface area contributed by atoms with Crippen molar-refractivity contribution in [2.24, 2.45) is 5.73 Å². The number of hydrogen-bond donors (Lipinski definition) is 1. The quantitative estimate of drug-likeness (QED) is 0.586. The van der Waals surface area contributed by atoms with Crippen LogP contribution in [0.15, 0.2) is 0 Å². The minimum absolute atomic E-state index is 0.230.